The molecule has 1 aliphatic rings. The maximum atomic E-state index is 10.5. The lowest BCUT2D eigenvalue weighted by Crippen LogP contribution is -2.07. The maximum absolute atomic E-state index is 10.5. The molecule has 1 rings (SSSR count). The van der Waals surface area contributed by atoms with Crippen LogP contribution in [0.1, 0.15) is 6.42 Å². The van der Waals surface area contributed by atoms with Crippen molar-refractivity contribution >= 4 is 27.9 Å². The van der Waals surface area contributed by atoms with Gasteiger partial charge in [-0.15, -0.1) is 0 Å². The number of alkyl halides is 1. The molecule has 0 aromatic heterocycles. The minimum atomic E-state index is -0.413. The molecule has 1 unspecified atom stereocenters. The van der Waals surface area contributed by atoms with Gasteiger partial charge in [0, 0.05) is 5.33 Å². The van der Waals surface area contributed by atoms with Crippen molar-refractivity contribution < 1.29 is 14.3 Å². The number of ether oxygens (including phenoxy) is 1. The van der Waals surface area contributed by atoms with E-state index >= 15 is 0 Å². The molecule has 1 heterocycles. The van der Waals surface area contributed by atoms with Crippen LogP contribution in [-0.4, -0.2) is 17.3 Å². The lowest BCUT2D eigenvalue weighted by molar-refractivity contribution is -0.152. The minimum absolute atomic E-state index is 0.226. The molecule has 1 fully saturated rings. The zero-order valence-electron chi connectivity index (χ0n) is 4.59. The Kier molecular flexibility index (Phi) is 1.85. The molecule has 9 heavy (non-hydrogen) atoms. The lowest BCUT2D eigenvalue weighted by atomic mass is 10.1. The molecule has 1 aliphatic heterocycles. The summed E-state index contributed by atoms with van der Waals surface area (Å²) in [6.07, 6.45) is 0.226. The fraction of sp³-hybridized carbons (Fsp3) is 0.600. The van der Waals surface area contributed by atoms with E-state index in [0.29, 0.717) is 5.33 Å². The summed E-state index contributed by atoms with van der Waals surface area (Å²) in [6, 6.07) is 0. The van der Waals surface area contributed by atoms with E-state index in [0.717, 1.165) is 0 Å². The first kappa shape index (κ1) is 6.74. The van der Waals surface area contributed by atoms with Crippen LogP contribution in [0.25, 0.3) is 0 Å². The Morgan fingerprint density at radius 1 is 1.67 bits per heavy atom. The van der Waals surface area contributed by atoms with Crippen molar-refractivity contribution in [1.82, 2.24) is 0 Å². The zero-order chi connectivity index (χ0) is 6.85. The third kappa shape index (κ3) is 1.30. The summed E-state index contributed by atoms with van der Waals surface area (Å²) in [7, 11) is 0. The van der Waals surface area contributed by atoms with Crippen LogP contribution < -0.4 is 0 Å². The average molecular weight is 193 g/mol. The van der Waals surface area contributed by atoms with Crippen molar-refractivity contribution in [2.45, 2.75) is 6.42 Å². The predicted octanol–water partition coefficient (Wildman–Crippen LogP) is 0.471. The smallest absolute Gasteiger partial charge is 0.318 e. The number of esters is 2. The second-order valence-electron chi connectivity index (χ2n) is 1.85. The molecule has 0 spiro atoms. The Morgan fingerprint density at radius 2 is 2.33 bits per heavy atom. The van der Waals surface area contributed by atoms with E-state index < -0.39 is 11.9 Å². The van der Waals surface area contributed by atoms with Gasteiger partial charge in [0.15, 0.2) is 0 Å². The van der Waals surface area contributed by atoms with Gasteiger partial charge in [0.1, 0.15) is 0 Å². The topological polar surface area (TPSA) is 43.4 Å². The van der Waals surface area contributed by atoms with E-state index in [4.69, 9.17) is 0 Å². The number of rotatable bonds is 1. The van der Waals surface area contributed by atoms with Gasteiger partial charge in [0.05, 0.1) is 12.3 Å². The quantitative estimate of drug-likeness (QED) is 0.345. The highest BCUT2D eigenvalue weighted by Gasteiger charge is 2.31. The van der Waals surface area contributed by atoms with Crippen LogP contribution in [-0.2, 0) is 14.3 Å². The molecule has 0 aromatic carbocycles. The van der Waals surface area contributed by atoms with Gasteiger partial charge >= 0.3 is 11.9 Å². The Hall–Kier alpha value is -0.380. The number of carbonyl (C=O) groups excluding carboxylic acids is 2. The number of halogens is 1. The molecule has 1 saturated heterocycles. The highest BCUT2D eigenvalue weighted by Crippen LogP contribution is 2.17. The SMILES string of the molecule is O=C1CC(CBr)C(=O)O1. The molecule has 0 amide bonds. The fourth-order valence-electron chi connectivity index (χ4n) is 0.639. The molecule has 0 aromatic rings. The first-order chi connectivity index (χ1) is 4.24. The number of cyclic esters (lactones) is 2. The largest absolute Gasteiger partial charge is 0.393 e. The Morgan fingerprint density at radius 3 is 2.56 bits per heavy atom. The maximum Gasteiger partial charge on any atom is 0.318 e. The van der Waals surface area contributed by atoms with Crippen molar-refractivity contribution in [2.75, 3.05) is 5.33 Å². The lowest BCUT2D eigenvalue weighted by Gasteiger charge is -1.92. The molecule has 50 valence electrons. The first-order valence-electron chi connectivity index (χ1n) is 2.54. The fourth-order valence-corrected chi connectivity index (χ4v) is 1.13. The summed E-state index contributed by atoms with van der Waals surface area (Å²) < 4.78 is 4.26. The van der Waals surface area contributed by atoms with Gasteiger partial charge in [-0.2, -0.15) is 0 Å². The highest BCUT2D eigenvalue weighted by atomic mass is 79.9. The van der Waals surface area contributed by atoms with Gasteiger partial charge in [-0.05, 0) is 0 Å². The summed E-state index contributed by atoms with van der Waals surface area (Å²) in [4.78, 5) is 20.9. The summed E-state index contributed by atoms with van der Waals surface area (Å²) >= 11 is 3.09. The van der Waals surface area contributed by atoms with Crippen LogP contribution in [0.2, 0.25) is 0 Å². The normalized spacial score (nSPS) is 26.6. The molecule has 0 aliphatic carbocycles. The molecule has 0 saturated carbocycles. The third-order valence-electron chi connectivity index (χ3n) is 1.15. The zero-order valence-corrected chi connectivity index (χ0v) is 6.18. The summed E-state index contributed by atoms with van der Waals surface area (Å²) in [5.41, 5.74) is 0. The van der Waals surface area contributed by atoms with Gasteiger partial charge in [0.2, 0.25) is 0 Å². The summed E-state index contributed by atoms with van der Waals surface area (Å²) in [6.45, 7) is 0. The van der Waals surface area contributed by atoms with Crippen LogP contribution >= 0.6 is 15.9 Å². The molecule has 1 atom stereocenters. The highest BCUT2D eigenvalue weighted by molar-refractivity contribution is 9.09. The van der Waals surface area contributed by atoms with Crippen LogP contribution in [0.15, 0.2) is 0 Å². The van der Waals surface area contributed by atoms with Gasteiger partial charge in [-0.1, -0.05) is 15.9 Å². The van der Waals surface area contributed by atoms with Crippen LogP contribution in [0.3, 0.4) is 0 Å². The van der Waals surface area contributed by atoms with Gasteiger partial charge in [0.25, 0.3) is 0 Å². The minimum Gasteiger partial charge on any atom is -0.393 e. The van der Waals surface area contributed by atoms with Gasteiger partial charge in [-0.3, -0.25) is 9.59 Å². The monoisotopic (exact) mass is 192 g/mol. The van der Waals surface area contributed by atoms with Crippen molar-refractivity contribution in [3.8, 4) is 0 Å². The second kappa shape index (κ2) is 2.47. The number of carbonyl (C=O) groups is 2. The van der Waals surface area contributed by atoms with E-state index in [1.54, 1.807) is 0 Å². The van der Waals surface area contributed by atoms with Crippen LogP contribution in [0, 0.1) is 5.92 Å². The van der Waals surface area contributed by atoms with E-state index in [1.807, 2.05) is 0 Å². The molecule has 0 bridgehead atoms. The average Bonchev–Trinajstić information content (AvgIpc) is 2.10. The molecule has 0 N–H and O–H groups in total. The van der Waals surface area contributed by atoms with E-state index in [1.165, 1.54) is 0 Å². The Bertz CT molecular complexity index is 154. The number of hydrogen-bond acceptors (Lipinski definition) is 3. The Balaban J connectivity index is 2.58. The van der Waals surface area contributed by atoms with E-state index in [9.17, 15) is 9.59 Å². The van der Waals surface area contributed by atoms with E-state index in [-0.39, 0.29) is 12.3 Å². The van der Waals surface area contributed by atoms with Crippen LogP contribution in [0.4, 0.5) is 0 Å². The molecule has 3 nitrogen and oxygen atoms in total. The molecular weight excluding hydrogens is 188 g/mol. The first-order valence-corrected chi connectivity index (χ1v) is 3.66. The van der Waals surface area contributed by atoms with Crippen molar-refractivity contribution in [2.24, 2.45) is 5.92 Å². The number of hydrogen-bond donors (Lipinski definition) is 0. The van der Waals surface area contributed by atoms with Gasteiger partial charge in [-0.25, -0.2) is 0 Å². The second-order valence-corrected chi connectivity index (χ2v) is 2.50. The molecule has 0 radical (unpaired) electrons. The Labute approximate surface area is 60.5 Å². The molecule has 4 heteroatoms. The van der Waals surface area contributed by atoms with Crippen molar-refractivity contribution in [3.05, 3.63) is 0 Å². The standard InChI is InChI=1S/C5H5BrO3/c6-2-3-1-4(7)9-5(3)8/h3H,1-2H2. The summed E-state index contributed by atoms with van der Waals surface area (Å²) in [5.74, 6) is -1.07. The summed E-state index contributed by atoms with van der Waals surface area (Å²) in [5, 5.41) is 0.511. The third-order valence-corrected chi connectivity index (χ3v) is 1.93. The van der Waals surface area contributed by atoms with Crippen molar-refractivity contribution in [1.29, 1.82) is 0 Å². The molecular formula is C5H5BrO3. The van der Waals surface area contributed by atoms with E-state index in [2.05, 4.69) is 20.7 Å². The van der Waals surface area contributed by atoms with Gasteiger partial charge < -0.3 is 4.74 Å². The predicted molar refractivity (Wildman–Crippen MR) is 33.0 cm³/mol. The van der Waals surface area contributed by atoms with Crippen LogP contribution in [0.5, 0.6) is 0 Å². The van der Waals surface area contributed by atoms with Crippen molar-refractivity contribution in [3.63, 3.8) is 0 Å².